The van der Waals surface area contributed by atoms with Crippen LogP contribution in [-0.4, -0.2) is 43.2 Å². The summed E-state index contributed by atoms with van der Waals surface area (Å²) in [5.74, 6) is 0.714. The van der Waals surface area contributed by atoms with Crippen molar-refractivity contribution in [3.8, 4) is 0 Å². The number of rotatable bonds is 5. The highest BCUT2D eigenvalue weighted by molar-refractivity contribution is 7.81. The van der Waals surface area contributed by atoms with Crippen LogP contribution in [-0.2, 0) is 4.79 Å². The van der Waals surface area contributed by atoms with E-state index in [2.05, 4.69) is 36.7 Å². The molecule has 0 aromatic carbocycles. The monoisotopic (exact) mass is 204 g/mol. The smallest absolute Gasteiger partial charge is 0.229 e. The van der Waals surface area contributed by atoms with Gasteiger partial charge in [-0.05, 0) is 20.0 Å². The fraction of sp³-hybridized carbons (Fsp3) is 0.889. The topological polar surface area (TPSA) is 32.3 Å². The number of thiol groups is 1. The van der Waals surface area contributed by atoms with Gasteiger partial charge < -0.3 is 10.2 Å². The first kappa shape index (κ1) is 12.8. The van der Waals surface area contributed by atoms with Crippen LogP contribution in [0.25, 0.3) is 0 Å². The molecule has 0 aliphatic heterocycles. The van der Waals surface area contributed by atoms with Crippen LogP contribution in [0.1, 0.15) is 13.8 Å². The molecule has 1 N–H and O–H groups in total. The van der Waals surface area contributed by atoms with Crippen LogP contribution in [0.2, 0.25) is 0 Å². The molecule has 1 unspecified atom stereocenters. The zero-order valence-corrected chi connectivity index (χ0v) is 9.77. The largest absolute Gasteiger partial charge is 0.351 e. The molecule has 1 amide bonds. The van der Waals surface area contributed by atoms with Crippen LogP contribution < -0.4 is 5.32 Å². The summed E-state index contributed by atoms with van der Waals surface area (Å²) >= 11 is 3.92. The lowest BCUT2D eigenvalue weighted by molar-refractivity contribution is -0.119. The molecular formula is C9H20N2OS. The van der Waals surface area contributed by atoms with E-state index in [9.17, 15) is 4.79 Å². The van der Waals surface area contributed by atoms with Gasteiger partial charge in [0, 0.05) is 12.6 Å². The minimum atomic E-state index is 0.00360. The normalized spacial score (nSPS) is 13.5. The molecule has 0 fully saturated rings. The lowest BCUT2D eigenvalue weighted by Crippen LogP contribution is -2.45. The van der Waals surface area contributed by atoms with Crippen LogP contribution in [0.5, 0.6) is 0 Å². The van der Waals surface area contributed by atoms with Crippen molar-refractivity contribution in [3.63, 3.8) is 0 Å². The minimum absolute atomic E-state index is 0.00360. The van der Waals surface area contributed by atoms with E-state index in [4.69, 9.17) is 0 Å². The number of carbonyl (C=O) groups excluding carboxylic acids is 1. The second-order valence-electron chi connectivity index (χ2n) is 3.84. The Hall–Kier alpha value is -0.220. The van der Waals surface area contributed by atoms with Gasteiger partial charge in [0.2, 0.25) is 5.91 Å². The highest BCUT2D eigenvalue weighted by Gasteiger charge is 2.15. The summed E-state index contributed by atoms with van der Waals surface area (Å²) in [4.78, 5) is 13.2. The number of hydrogen-bond donors (Lipinski definition) is 2. The second-order valence-corrected chi connectivity index (χ2v) is 4.15. The van der Waals surface area contributed by atoms with Crippen molar-refractivity contribution in [2.45, 2.75) is 19.9 Å². The van der Waals surface area contributed by atoms with Gasteiger partial charge in [0.05, 0.1) is 5.75 Å². The van der Waals surface area contributed by atoms with Crippen LogP contribution in [0.15, 0.2) is 0 Å². The molecule has 0 saturated carbocycles. The molecule has 0 aromatic heterocycles. The Morgan fingerprint density at radius 1 is 1.46 bits per heavy atom. The van der Waals surface area contributed by atoms with Crippen molar-refractivity contribution in [3.05, 3.63) is 0 Å². The van der Waals surface area contributed by atoms with E-state index in [-0.39, 0.29) is 17.7 Å². The van der Waals surface area contributed by atoms with Gasteiger partial charge in [0.25, 0.3) is 0 Å². The Morgan fingerprint density at radius 3 is 2.31 bits per heavy atom. The first-order valence-electron chi connectivity index (χ1n) is 4.52. The molecule has 3 nitrogen and oxygen atoms in total. The number of nitrogens with zero attached hydrogens (tertiary/aromatic N) is 1. The average Bonchev–Trinajstić information content (AvgIpc) is 2.02. The third-order valence-electron chi connectivity index (χ3n) is 1.86. The van der Waals surface area contributed by atoms with Crippen molar-refractivity contribution in [1.82, 2.24) is 10.2 Å². The fourth-order valence-corrected chi connectivity index (χ4v) is 1.16. The third kappa shape index (κ3) is 5.93. The fourth-order valence-electron chi connectivity index (χ4n) is 1.07. The Labute approximate surface area is 86.3 Å². The van der Waals surface area contributed by atoms with E-state index in [0.29, 0.717) is 5.92 Å². The predicted molar refractivity (Wildman–Crippen MR) is 59.2 cm³/mol. The van der Waals surface area contributed by atoms with Crippen molar-refractivity contribution in [2.24, 2.45) is 5.92 Å². The number of hydrogen-bond acceptors (Lipinski definition) is 3. The summed E-state index contributed by atoms with van der Waals surface area (Å²) in [5.41, 5.74) is 0. The number of amides is 1. The Morgan fingerprint density at radius 2 is 2.00 bits per heavy atom. The summed E-state index contributed by atoms with van der Waals surface area (Å²) in [5, 5.41) is 2.94. The molecule has 4 heteroatoms. The Bertz CT molecular complexity index is 160. The molecule has 0 aromatic rings. The summed E-state index contributed by atoms with van der Waals surface area (Å²) in [7, 11) is 4.00. The lowest BCUT2D eigenvalue weighted by Gasteiger charge is -2.25. The quantitative estimate of drug-likeness (QED) is 0.644. The maximum absolute atomic E-state index is 11.1. The highest BCUT2D eigenvalue weighted by Crippen LogP contribution is 2.02. The van der Waals surface area contributed by atoms with Crippen LogP contribution in [0, 0.1) is 5.92 Å². The van der Waals surface area contributed by atoms with E-state index < -0.39 is 0 Å². The molecule has 78 valence electrons. The van der Waals surface area contributed by atoms with Gasteiger partial charge in [0.1, 0.15) is 0 Å². The molecule has 0 aliphatic rings. The summed E-state index contributed by atoms with van der Waals surface area (Å²) in [6.07, 6.45) is 0. The van der Waals surface area contributed by atoms with Crippen LogP contribution >= 0.6 is 12.6 Å². The second kappa shape index (κ2) is 6.27. The zero-order chi connectivity index (χ0) is 10.4. The molecule has 0 spiro atoms. The van der Waals surface area contributed by atoms with Gasteiger partial charge in [-0.15, -0.1) is 0 Å². The molecule has 0 radical (unpaired) electrons. The first-order chi connectivity index (χ1) is 5.97. The average molecular weight is 204 g/mol. The third-order valence-corrected chi connectivity index (χ3v) is 2.14. The zero-order valence-electron chi connectivity index (χ0n) is 8.87. The van der Waals surface area contributed by atoms with Gasteiger partial charge in [-0.1, -0.05) is 13.8 Å². The SMILES string of the molecule is CC(C)C(CN(C)C)NC(=O)CS. The van der Waals surface area contributed by atoms with Gasteiger partial charge in [0.15, 0.2) is 0 Å². The van der Waals surface area contributed by atoms with E-state index in [1.165, 1.54) is 0 Å². The van der Waals surface area contributed by atoms with Crippen molar-refractivity contribution >= 4 is 18.5 Å². The molecule has 0 bridgehead atoms. The maximum Gasteiger partial charge on any atom is 0.229 e. The molecule has 1 atom stereocenters. The molecule has 0 heterocycles. The van der Waals surface area contributed by atoms with E-state index >= 15 is 0 Å². The van der Waals surface area contributed by atoms with Gasteiger partial charge in [-0.3, -0.25) is 4.79 Å². The molecule has 0 aliphatic carbocycles. The van der Waals surface area contributed by atoms with Gasteiger partial charge >= 0.3 is 0 Å². The number of nitrogens with one attached hydrogen (secondary N) is 1. The summed E-state index contributed by atoms with van der Waals surface area (Å²) in [6.45, 7) is 5.08. The molecule has 13 heavy (non-hydrogen) atoms. The minimum Gasteiger partial charge on any atom is -0.351 e. The summed E-state index contributed by atoms with van der Waals surface area (Å²) < 4.78 is 0. The Balaban J connectivity index is 4.02. The molecular weight excluding hydrogens is 184 g/mol. The van der Waals surface area contributed by atoms with E-state index in [1.807, 2.05) is 14.1 Å². The van der Waals surface area contributed by atoms with Crippen molar-refractivity contribution in [1.29, 1.82) is 0 Å². The van der Waals surface area contributed by atoms with Crippen LogP contribution in [0.3, 0.4) is 0 Å². The van der Waals surface area contributed by atoms with E-state index in [1.54, 1.807) is 0 Å². The van der Waals surface area contributed by atoms with Gasteiger partial charge in [-0.2, -0.15) is 12.6 Å². The maximum atomic E-state index is 11.1. The highest BCUT2D eigenvalue weighted by atomic mass is 32.1. The first-order valence-corrected chi connectivity index (χ1v) is 5.15. The standard InChI is InChI=1S/C9H20N2OS/c1-7(2)8(5-11(3)4)10-9(12)6-13/h7-8,13H,5-6H2,1-4H3,(H,10,12). The van der Waals surface area contributed by atoms with Crippen LogP contribution in [0.4, 0.5) is 0 Å². The molecule has 0 saturated heterocycles. The van der Waals surface area contributed by atoms with Crippen molar-refractivity contribution in [2.75, 3.05) is 26.4 Å². The van der Waals surface area contributed by atoms with E-state index in [0.717, 1.165) is 6.54 Å². The summed E-state index contributed by atoms with van der Waals surface area (Å²) in [6, 6.07) is 0.217. The number of carbonyl (C=O) groups is 1. The van der Waals surface area contributed by atoms with Gasteiger partial charge in [-0.25, -0.2) is 0 Å². The number of likely N-dealkylation sites (N-methyl/N-ethyl adjacent to an activating group) is 1. The van der Waals surface area contributed by atoms with Crippen molar-refractivity contribution < 1.29 is 4.79 Å². The molecule has 0 rings (SSSR count). The predicted octanol–water partition coefficient (Wildman–Crippen LogP) is 0.619. The lowest BCUT2D eigenvalue weighted by atomic mass is 10.0. The Kier molecular flexibility index (Phi) is 6.16.